The fraction of sp³-hybridized carbons (Fsp3) is 0.333. The molecule has 0 saturated carbocycles. The van der Waals surface area contributed by atoms with Crippen molar-refractivity contribution in [3.8, 4) is 0 Å². The van der Waals surface area contributed by atoms with Crippen molar-refractivity contribution in [1.82, 2.24) is 5.32 Å². The lowest BCUT2D eigenvalue weighted by molar-refractivity contribution is 0.0588. The fourth-order valence-electron chi connectivity index (χ4n) is 2.71. The number of aryl methyl sites for hydroxylation is 2. The van der Waals surface area contributed by atoms with Crippen LogP contribution in [0.4, 0.5) is 5.69 Å². The van der Waals surface area contributed by atoms with Gasteiger partial charge in [0.25, 0.3) is 0 Å². The molecule has 4 N–H and O–H groups in total. The van der Waals surface area contributed by atoms with Crippen LogP contribution >= 0.6 is 12.2 Å². The number of thiocarbonyl (C=S) groups is 1. The van der Waals surface area contributed by atoms with E-state index in [2.05, 4.69) is 40.7 Å². The van der Waals surface area contributed by atoms with Crippen LogP contribution in [0.1, 0.15) is 30.5 Å². The first kappa shape index (κ1) is 20.9. The maximum absolute atomic E-state index is 6.02. The van der Waals surface area contributed by atoms with Gasteiger partial charge in [-0.3, -0.25) is 0 Å². The second kappa shape index (κ2) is 10.6. The number of para-hydroxylation sites is 1. The molecule has 5 nitrogen and oxygen atoms in total. The molecular formula is C21H28N4OS. The van der Waals surface area contributed by atoms with Gasteiger partial charge >= 0.3 is 0 Å². The van der Waals surface area contributed by atoms with Crippen LogP contribution in [0.15, 0.2) is 53.5 Å². The van der Waals surface area contributed by atoms with Crippen molar-refractivity contribution in [3.63, 3.8) is 0 Å². The molecule has 0 amide bonds. The SMILES string of the molecule is CCc1cccc(C)c1N/C(N)=N/C(=S)NC(C)OCCc1ccccc1. The zero-order chi connectivity index (χ0) is 19.6. The van der Waals surface area contributed by atoms with Gasteiger partial charge in [-0.2, -0.15) is 4.99 Å². The molecule has 1 unspecified atom stereocenters. The highest BCUT2D eigenvalue weighted by atomic mass is 32.1. The summed E-state index contributed by atoms with van der Waals surface area (Å²) in [5, 5.41) is 6.48. The van der Waals surface area contributed by atoms with Gasteiger partial charge in [-0.25, -0.2) is 0 Å². The molecule has 27 heavy (non-hydrogen) atoms. The Balaban J connectivity index is 1.82. The van der Waals surface area contributed by atoms with Crippen molar-refractivity contribution in [1.29, 1.82) is 0 Å². The van der Waals surface area contributed by atoms with Crippen molar-refractivity contribution >= 4 is 29.0 Å². The maximum atomic E-state index is 6.02. The number of aliphatic imine (C=N–C) groups is 1. The molecule has 6 heteroatoms. The van der Waals surface area contributed by atoms with E-state index in [1.165, 1.54) is 11.1 Å². The molecule has 0 heterocycles. The second-order valence-corrected chi connectivity index (χ2v) is 6.67. The third-order valence-corrected chi connectivity index (χ3v) is 4.35. The summed E-state index contributed by atoms with van der Waals surface area (Å²) in [7, 11) is 0. The lowest BCUT2D eigenvalue weighted by Gasteiger charge is -2.16. The van der Waals surface area contributed by atoms with Crippen LogP contribution in [0.3, 0.4) is 0 Å². The summed E-state index contributed by atoms with van der Waals surface area (Å²) in [4.78, 5) is 4.22. The van der Waals surface area contributed by atoms with Gasteiger partial charge in [0.15, 0.2) is 5.11 Å². The quantitative estimate of drug-likeness (QED) is 0.293. The summed E-state index contributed by atoms with van der Waals surface area (Å²) >= 11 is 5.26. The van der Waals surface area contributed by atoms with Crippen molar-refractivity contribution < 1.29 is 4.74 Å². The maximum Gasteiger partial charge on any atom is 0.200 e. The first-order chi connectivity index (χ1) is 13.0. The van der Waals surface area contributed by atoms with Crippen molar-refractivity contribution in [2.45, 2.75) is 39.8 Å². The predicted molar refractivity (Wildman–Crippen MR) is 117 cm³/mol. The van der Waals surface area contributed by atoms with Gasteiger partial charge in [0, 0.05) is 5.69 Å². The van der Waals surface area contributed by atoms with Gasteiger partial charge in [-0.1, -0.05) is 55.5 Å². The molecule has 0 aliphatic heterocycles. The molecule has 144 valence electrons. The van der Waals surface area contributed by atoms with E-state index >= 15 is 0 Å². The molecule has 0 fully saturated rings. The Hall–Kier alpha value is -2.44. The van der Waals surface area contributed by atoms with E-state index in [9.17, 15) is 0 Å². The van der Waals surface area contributed by atoms with E-state index in [0.717, 1.165) is 24.1 Å². The molecule has 1 atom stereocenters. The average Bonchev–Trinajstić information content (AvgIpc) is 2.64. The average molecular weight is 385 g/mol. The van der Waals surface area contributed by atoms with Gasteiger partial charge in [0.1, 0.15) is 6.23 Å². The van der Waals surface area contributed by atoms with Crippen LogP contribution in [0, 0.1) is 6.92 Å². The predicted octanol–water partition coefficient (Wildman–Crippen LogP) is 3.76. The van der Waals surface area contributed by atoms with Crippen LogP contribution in [-0.2, 0) is 17.6 Å². The number of hydrogen-bond acceptors (Lipinski definition) is 2. The van der Waals surface area contributed by atoms with Gasteiger partial charge < -0.3 is 21.1 Å². The summed E-state index contributed by atoms with van der Waals surface area (Å²) in [6.45, 7) is 6.64. The van der Waals surface area contributed by atoms with E-state index in [0.29, 0.717) is 11.7 Å². The number of hydrogen-bond donors (Lipinski definition) is 3. The Bertz CT molecular complexity index is 777. The second-order valence-electron chi connectivity index (χ2n) is 6.28. The number of nitrogens with two attached hydrogens (primary N) is 1. The Morgan fingerprint density at radius 1 is 1.19 bits per heavy atom. The molecule has 0 radical (unpaired) electrons. The minimum absolute atomic E-state index is 0.248. The van der Waals surface area contributed by atoms with Crippen molar-refractivity contribution in [3.05, 3.63) is 65.2 Å². The molecule has 0 aliphatic rings. The smallest absolute Gasteiger partial charge is 0.200 e. The number of benzene rings is 2. The molecule has 0 bridgehead atoms. The zero-order valence-electron chi connectivity index (χ0n) is 16.2. The van der Waals surface area contributed by atoms with Crippen LogP contribution in [0.2, 0.25) is 0 Å². The normalized spacial score (nSPS) is 12.5. The molecule has 2 rings (SSSR count). The highest BCUT2D eigenvalue weighted by molar-refractivity contribution is 7.80. The zero-order valence-corrected chi connectivity index (χ0v) is 17.0. The van der Waals surface area contributed by atoms with Gasteiger partial charge in [0.05, 0.1) is 6.61 Å². The van der Waals surface area contributed by atoms with Crippen LogP contribution < -0.4 is 16.4 Å². The van der Waals surface area contributed by atoms with Crippen LogP contribution in [0.5, 0.6) is 0 Å². The Morgan fingerprint density at radius 2 is 1.93 bits per heavy atom. The van der Waals surface area contributed by atoms with Crippen LogP contribution in [-0.4, -0.2) is 23.9 Å². The van der Waals surface area contributed by atoms with E-state index in [-0.39, 0.29) is 12.2 Å². The summed E-state index contributed by atoms with van der Waals surface area (Å²) in [6, 6.07) is 16.4. The number of ether oxygens (including phenoxy) is 1. The lowest BCUT2D eigenvalue weighted by atomic mass is 10.1. The number of nitrogens with one attached hydrogen (secondary N) is 2. The number of nitrogens with zero attached hydrogens (tertiary/aromatic N) is 1. The van der Waals surface area contributed by atoms with E-state index < -0.39 is 0 Å². The van der Waals surface area contributed by atoms with Crippen molar-refractivity contribution in [2.24, 2.45) is 10.7 Å². The molecule has 0 saturated heterocycles. The molecule has 0 spiro atoms. The first-order valence-corrected chi connectivity index (χ1v) is 9.56. The lowest BCUT2D eigenvalue weighted by Crippen LogP contribution is -2.35. The van der Waals surface area contributed by atoms with E-state index in [1.807, 2.05) is 44.2 Å². The highest BCUT2D eigenvalue weighted by Crippen LogP contribution is 2.20. The third kappa shape index (κ3) is 7.00. The largest absolute Gasteiger partial charge is 0.369 e. The van der Waals surface area contributed by atoms with Gasteiger partial charge in [-0.05, 0) is 55.6 Å². The van der Waals surface area contributed by atoms with Crippen LogP contribution in [0.25, 0.3) is 0 Å². The molecular weight excluding hydrogens is 356 g/mol. The number of rotatable bonds is 7. The minimum Gasteiger partial charge on any atom is -0.369 e. The standard InChI is InChI=1S/C21H28N4OS/c1-4-18-12-8-9-15(2)19(18)24-20(22)25-21(27)23-16(3)26-14-13-17-10-6-5-7-11-17/h5-12,16H,4,13-14H2,1-3H3,(H4,22,23,24,25,27). The summed E-state index contributed by atoms with van der Waals surface area (Å²) in [5.41, 5.74) is 10.5. The summed E-state index contributed by atoms with van der Waals surface area (Å²) in [5.74, 6) is 0.257. The summed E-state index contributed by atoms with van der Waals surface area (Å²) < 4.78 is 5.74. The van der Waals surface area contributed by atoms with Crippen molar-refractivity contribution in [2.75, 3.05) is 11.9 Å². The molecule has 0 aliphatic carbocycles. The van der Waals surface area contributed by atoms with Gasteiger partial charge in [-0.15, -0.1) is 0 Å². The summed E-state index contributed by atoms with van der Waals surface area (Å²) in [6.07, 6.45) is 1.51. The fourth-order valence-corrected chi connectivity index (χ4v) is 2.98. The number of guanidine groups is 1. The first-order valence-electron chi connectivity index (χ1n) is 9.15. The molecule has 2 aromatic rings. The Kier molecular flexibility index (Phi) is 8.23. The van der Waals surface area contributed by atoms with E-state index in [4.69, 9.17) is 22.7 Å². The topological polar surface area (TPSA) is 71.7 Å². The molecule has 2 aromatic carbocycles. The number of anilines is 1. The molecule has 0 aromatic heterocycles. The Labute approximate surface area is 167 Å². The van der Waals surface area contributed by atoms with E-state index in [1.54, 1.807) is 0 Å². The van der Waals surface area contributed by atoms with Gasteiger partial charge in [0.2, 0.25) is 5.96 Å². The highest BCUT2D eigenvalue weighted by Gasteiger charge is 2.07. The minimum atomic E-state index is -0.248. The monoisotopic (exact) mass is 384 g/mol. The third-order valence-electron chi connectivity index (χ3n) is 4.14. The Morgan fingerprint density at radius 3 is 2.63 bits per heavy atom.